The van der Waals surface area contributed by atoms with Crippen molar-refractivity contribution in [2.24, 2.45) is 0 Å². The van der Waals surface area contributed by atoms with Crippen molar-refractivity contribution in [3.8, 4) is 22.8 Å². The predicted octanol–water partition coefficient (Wildman–Crippen LogP) is 4.00. The standard InChI is InChI=1S/C16H11N3O3S/c20-19(21)12-7-5-10(6-8-12)14-15-18(16(23)17-14)13-4-2-1-3-11(13)9-22-15/h1-8H,9H2,(H,17,23). The normalized spacial score (nSPS) is 12.2. The number of nitrogens with zero attached hydrogens (tertiary/aromatic N) is 2. The van der Waals surface area contributed by atoms with Crippen molar-refractivity contribution in [1.29, 1.82) is 0 Å². The summed E-state index contributed by atoms with van der Waals surface area (Å²) in [5, 5.41) is 10.8. The number of imidazole rings is 1. The zero-order chi connectivity index (χ0) is 16.0. The maximum absolute atomic E-state index is 10.8. The van der Waals surface area contributed by atoms with Crippen molar-refractivity contribution in [2.75, 3.05) is 0 Å². The molecular weight excluding hydrogens is 314 g/mol. The van der Waals surface area contributed by atoms with E-state index >= 15 is 0 Å². The number of rotatable bonds is 2. The maximum atomic E-state index is 10.8. The molecule has 0 aliphatic carbocycles. The second kappa shape index (κ2) is 5.06. The largest absolute Gasteiger partial charge is 0.472 e. The minimum Gasteiger partial charge on any atom is -0.472 e. The van der Waals surface area contributed by atoms with E-state index in [-0.39, 0.29) is 5.69 Å². The summed E-state index contributed by atoms with van der Waals surface area (Å²) in [5.74, 6) is 0.627. The lowest BCUT2D eigenvalue weighted by atomic mass is 10.1. The molecule has 4 rings (SSSR count). The van der Waals surface area contributed by atoms with Crippen LogP contribution < -0.4 is 4.74 Å². The van der Waals surface area contributed by atoms with Gasteiger partial charge in [0.05, 0.1) is 10.6 Å². The van der Waals surface area contributed by atoms with E-state index in [1.807, 2.05) is 28.8 Å². The number of nitrogens with one attached hydrogen (secondary N) is 1. The molecule has 0 atom stereocenters. The van der Waals surface area contributed by atoms with Gasteiger partial charge in [-0.15, -0.1) is 0 Å². The maximum Gasteiger partial charge on any atom is 0.269 e. The molecule has 2 aromatic carbocycles. The van der Waals surface area contributed by atoms with Gasteiger partial charge in [-0.3, -0.25) is 14.7 Å². The first-order valence-electron chi connectivity index (χ1n) is 6.96. The van der Waals surface area contributed by atoms with Crippen LogP contribution in [0.2, 0.25) is 0 Å². The molecule has 0 spiro atoms. The van der Waals surface area contributed by atoms with Crippen LogP contribution in [0.3, 0.4) is 0 Å². The van der Waals surface area contributed by atoms with E-state index in [1.165, 1.54) is 12.1 Å². The molecule has 0 radical (unpaired) electrons. The van der Waals surface area contributed by atoms with E-state index in [1.54, 1.807) is 12.1 Å². The Morgan fingerprint density at radius 3 is 2.65 bits per heavy atom. The molecule has 7 heteroatoms. The Kier molecular flexibility index (Phi) is 3.02. The van der Waals surface area contributed by atoms with Crippen LogP contribution in [0.4, 0.5) is 5.69 Å². The average Bonchev–Trinajstić information content (AvgIpc) is 2.92. The first-order valence-corrected chi connectivity index (χ1v) is 7.37. The van der Waals surface area contributed by atoms with Crippen LogP contribution in [0.5, 0.6) is 5.88 Å². The number of nitro groups is 1. The SMILES string of the molecule is O=[N+]([O-])c1ccc(-c2[nH]c(=S)n3c2OCc2ccccc2-3)cc1. The number of ether oxygens (including phenoxy) is 1. The molecule has 2 heterocycles. The molecule has 0 fully saturated rings. The molecule has 0 saturated heterocycles. The van der Waals surface area contributed by atoms with E-state index in [2.05, 4.69) is 4.98 Å². The highest BCUT2D eigenvalue weighted by molar-refractivity contribution is 7.71. The summed E-state index contributed by atoms with van der Waals surface area (Å²) in [6, 6.07) is 14.2. The summed E-state index contributed by atoms with van der Waals surface area (Å²) in [7, 11) is 0. The number of hydrogen-bond acceptors (Lipinski definition) is 4. The van der Waals surface area contributed by atoms with Gasteiger partial charge in [0.15, 0.2) is 4.77 Å². The molecule has 114 valence electrons. The summed E-state index contributed by atoms with van der Waals surface area (Å²) in [5.41, 5.74) is 3.61. The monoisotopic (exact) mass is 325 g/mol. The molecule has 0 amide bonds. The highest BCUT2D eigenvalue weighted by Gasteiger charge is 2.23. The minimum atomic E-state index is -0.423. The van der Waals surface area contributed by atoms with Gasteiger partial charge in [0.25, 0.3) is 5.69 Å². The van der Waals surface area contributed by atoms with Gasteiger partial charge in [0, 0.05) is 23.3 Å². The third-order valence-electron chi connectivity index (χ3n) is 3.82. The Balaban J connectivity index is 1.87. The number of para-hydroxylation sites is 1. The second-order valence-electron chi connectivity index (χ2n) is 5.17. The van der Waals surface area contributed by atoms with Gasteiger partial charge in [-0.05, 0) is 30.4 Å². The van der Waals surface area contributed by atoms with Crippen molar-refractivity contribution in [3.63, 3.8) is 0 Å². The van der Waals surface area contributed by atoms with E-state index in [4.69, 9.17) is 17.0 Å². The van der Waals surface area contributed by atoms with Gasteiger partial charge in [-0.2, -0.15) is 0 Å². The Morgan fingerprint density at radius 2 is 1.91 bits per heavy atom. The summed E-state index contributed by atoms with van der Waals surface area (Å²) >= 11 is 5.42. The molecule has 0 saturated carbocycles. The number of aromatic nitrogens is 2. The van der Waals surface area contributed by atoms with Crippen LogP contribution in [-0.4, -0.2) is 14.5 Å². The Labute approximate surface area is 136 Å². The number of nitro benzene ring substituents is 1. The van der Waals surface area contributed by atoms with E-state index < -0.39 is 4.92 Å². The van der Waals surface area contributed by atoms with E-state index in [9.17, 15) is 10.1 Å². The topological polar surface area (TPSA) is 73.1 Å². The lowest BCUT2D eigenvalue weighted by Gasteiger charge is -2.20. The summed E-state index contributed by atoms with van der Waals surface area (Å²) in [4.78, 5) is 13.5. The van der Waals surface area contributed by atoms with Crippen LogP contribution in [0.25, 0.3) is 16.9 Å². The Hall–Kier alpha value is -2.93. The summed E-state index contributed by atoms with van der Waals surface area (Å²) in [6.45, 7) is 0.461. The number of non-ortho nitro benzene ring substituents is 1. The predicted molar refractivity (Wildman–Crippen MR) is 87.4 cm³/mol. The summed E-state index contributed by atoms with van der Waals surface area (Å²) < 4.78 is 8.25. The molecule has 1 aliphatic heterocycles. The van der Waals surface area contributed by atoms with E-state index in [0.717, 1.165) is 22.5 Å². The highest BCUT2D eigenvalue weighted by atomic mass is 32.1. The zero-order valence-electron chi connectivity index (χ0n) is 11.9. The molecule has 23 heavy (non-hydrogen) atoms. The van der Waals surface area contributed by atoms with Crippen molar-refractivity contribution in [3.05, 3.63) is 69.0 Å². The lowest BCUT2D eigenvalue weighted by molar-refractivity contribution is -0.384. The van der Waals surface area contributed by atoms with Gasteiger partial charge >= 0.3 is 0 Å². The Bertz CT molecular complexity index is 973. The van der Waals surface area contributed by atoms with Crippen LogP contribution >= 0.6 is 12.2 Å². The van der Waals surface area contributed by atoms with Gasteiger partial charge in [0.2, 0.25) is 5.88 Å². The van der Waals surface area contributed by atoms with Crippen LogP contribution in [0, 0.1) is 14.9 Å². The fraction of sp³-hybridized carbons (Fsp3) is 0.0625. The number of benzene rings is 2. The molecule has 0 bridgehead atoms. The van der Waals surface area contributed by atoms with Gasteiger partial charge in [-0.1, -0.05) is 18.2 Å². The first-order chi connectivity index (χ1) is 11.1. The third-order valence-corrected chi connectivity index (χ3v) is 4.10. The molecule has 3 aromatic rings. The molecule has 1 aromatic heterocycles. The van der Waals surface area contributed by atoms with Crippen molar-refractivity contribution < 1.29 is 9.66 Å². The highest BCUT2D eigenvalue weighted by Crippen LogP contribution is 2.37. The van der Waals surface area contributed by atoms with Crippen LogP contribution in [0.1, 0.15) is 5.56 Å². The molecule has 1 N–H and O–H groups in total. The molecule has 0 unspecified atom stereocenters. The fourth-order valence-corrected chi connectivity index (χ4v) is 3.00. The molecule has 6 nitrogen and oxygen atoms in total. The third kappa shape index (κ3) is 2.13. The first kappa shape index (κ1) is 13.7. The average molecular weight is 325 g/mol. The minimum absolute atomic E-state index is 0.0479. The van der Waals surface area contributed by atoms with Crippen molar-refractivity contribution in [1.82, 2.24) is 9.55 Å². The van der Waals surface area contributed by atoms with Crippen LogP contribution in [-0.2, 0) is 6.61 Å². The fourth-order valence-electron chi connectivity index (χ4n) is 2.72. The van der Waals surface area contributed by atoms with E-state index in [0.29, 0.717) is 17.3 Å². The lowest BCUT2D eigenvalue weighted by Crippen LogP contribution is -2.12. The quantitative estimate of drug-likeness (QED) is 0.439. The van der Waals surface area contributed by atoms with Gasteiger partial charge in [0.1, 0.15) is 12.3 Å². The molecule has 1 aliphatic rings. The number of H-pyrrole nitrogens is 1. The number of fused-ring (bicyclic) bond motifs is 3. The number of aromatic amines is 1. The van der Waals surface area contributed by atoms with Gasteiger partial charge < -0.3 is 9.72 Å². The summed E-state index contributed by atoms with van der Waals surface area (Å²) in [6.07, 6.45) is 0. The van der Waals surface area contributed by atoms with Gasteiger partial charge in [-0.25, -0.2) is 0 Å². The zero-order valence-corrected chi connectivity index (χ0v) is 12.7. The second-order valence-corrected chi connectivity index (χ2v) is 5.55. The van der Waals surface area contributed by atoms with Crippen molar-refractivity contribution in [2.45, 2.75) is 6.61 Å². The van der Waals surface area contributed by atoms with Crippen LogP contribution in [0.15, 0.2) is 48.5 Å². The van der Waals surface area contributed by atoms with Crippen molar-refractivity contribution >= 4 is 17.9 Å². The number of hydrogen-bond donors (Lipinski definition) is 1. The Morgan fingerprint density at radius 1 is 1.17 bits per heavy atom. The molecular formula is C16H11N3O3S. The smallest absolute Gasteiger partial charge is 0.269 e.